The second kappa shape index (κ2) is 8.06. The average Bonchev–Trinajstić information content (AvgIpc) is 2.73. The third-order valence-electron chi connectivity index (χ3n) is 4.53. The van der Waals surface area contributed by atoms with Crippen LogP contribution in [-0.4, -0.2) is 15.1 Å². The average molecular weight is 370 g/mol. The summed E-state index contributed by atoms with van der Waals surface area (Å²) in [5.74, 6) is 1.29. The molecule has 0 radical (unpaired) electrons. The molecule has 3 aromatic carbocycles. The van der Waals surface area contributed by atoms with E-state index in [1.165, 1.54) is 5.56 Å². The van der Waals surface area contributed by atoms with Crippen molar-refractivity contribution in [3.8, 4) is 0 Å². The molecule has 1 atom stereocenters. The molecule has 0 aliphatic carbocycles. The van der Waals surface area contributed by atoms with Crippen molar-refractivity contribution in [1.29, 1.82) is 0 Å². The van der Waals surface area contributed by atoms with Gasteiger partial charge in [-0.2, -0.15) is 4.98 Å². The third-order valence-corrected chi connectivity index (χ3v) is 4.53. The number of nitrogens with one attached hydrogen (secondary N) is 2. The van der Waals surface area contributed by atoms with Crippen LogP contribution in [0, 0.1) is 0 Å². The van der Waals surface area contributed by atoms with E-state index in [-0.39, 0.29) is 0 Å². The summed E-state index contributed by atoms with van der Waals surface area (Å²) < 4.78 is 0. The number of fused-ring (bicyclic) bond motifs is 1. The molecule has 0 aliphatic rings. The zero-order valence-electron chi connectivity index (χ0n) is 15.6. The van der Waals surface area contributed by atoms with Crippen LogP contribution < -0.4 is 10.6 Å². The number of aliphatic hydroxyl groups excluding tert-OH is 1. The lowest BCUT2D eigenvalue weighted by Crippen LogP contribution is -2.06. The molecule has 4 rings (SSSR count). The van der Waals surface area contributed by atoms with Gasteiger partial charge >= 0.3 is 0 Å². The Labute approximate surface area is 164 Å². The zero-order valence-corrected chi connectivity index (χ0v) is 15.6. The molecular weight excluding hydrogens is 348 g/mol. The van der Waals surface area contributed by atoms with Crippen LogP contribution in [0.4, 0.5) is 17.5 Å². The molecule has 0 bridgehead atoms. The van der Waals surface area contributed by atoms with Crippen molar-refractivity contribution in [2.75, 3.05) is 10.6 Å². The van der Waals surface area contributed by atoms with Gasteiger partial charge in [-0.05, 0) is 42.3 Å². The molecule has 0 fully saturated rings. The molecule has 0 aliphatic heterocycles. The summed E-state index contributed by atoms with van der Waals surface area (Å²) in [6.07, 6.45) is -0.526. The number of aromatic nitrogens is 2. The number of hydrogen-bond acceptors (Lipinski definition) is 5. The number of benzene rings is 3. The van der Waals surface area contributed by atoms with Crippen molar-refractivity contribution < 1.29 is 5.11 Å². The summed E-state index contributed by atoms with van der Waals surface area (Å²) in [6, 6.07) is 25.8. The highest BCUT2D eigenvalue weighted by Crippen LogP contribution is 2.25. The topological polar surface area (TPSA) is 70.1 Å². The lowest BCUT2D eigenvalue weighted by atomic mass is 10.1. The number of aliphatic hydroxyl groups is 1. The monoisotopic (exact) mass is 370 g/mol. The van der Waals surface area contributed by atoms with Crippen LogP contribution in [0.15, 0.2) is 78.9 Å². The highest BCUT2D eigenvalue weighted by molar-refractivity contribution is 5.90. The molecule has 28 heavy (non-hydrogen) atoms. The quantitative estimate of drug-likeness (QED) is 0.444. The maximum absolute atomic E-state index is 9.81. The van der Waals surface area contributed by atoms with E-state index in [2.05, 4.69) is 32.7 Å². The molecular formula is C23H22N4O. The number of anilines is 3. The SMILES string of the molecule is CC(O)c1cccc(Nc2nc(NCc3ccccc3)c3ccccc3n2)c1. The van der Waals surface area contributed by atoms with Gasteiger partial charge in [-0.15, -0.1) is 0 Å². The van der Waals surface area contributed by atoms with Crippen LogP contribution in [0.25, 0.3) is 10.9 Å². The van der Waals surface area contributed by atoms with Crippen LogP contribution in [0.1, 0.15) is 24.2 Å². The summed E-state index contributed by atoms with van der Waals surface area (Å²) in [5, 5.41) is 17.5. The molecule has 0 spiro atoms. The Hall–Kier alpha value is -3.44. The smallest absolute Gasteiger partial charge is 0.229 e. The largest absolute Gasteiger partial charge is 0.389 e. The standard InChI is InChI=1S/C23H22N4O/c1-16(28)18-10-7-11-19(14-18)25-23-26-21-13-6-5-12-20(21)22(27-23)24-15-17-8-3-2-4-9-17/h2-14,16,28H,15H2,1H3,(H2,24,25,26,27). The summed E-state index contributed by atoms with van der Waals surface area (Å²) in [4.78, 5) is 9.33. The number of para-hydroxylation sites is 1. The molecule has 1 unspecified atom stereocenters. The van der Waals surface area contributed by atoms with Crippen molar-refractivity contribution in [1.82, 2.24) is 9.97 Å². The van der Waals surface area contributed by atoms with Crippen molar-refractivity contribution in [3.05, 3.63) is 90.0 Å². The van der Waals surface area contributed by atoms with Gasteiger partial charge in [0.15, 0.2) is 0 Å². The van der Waals surface area contributed by atoms with E-state index in [1.807, 2.05) is 66.7 Å². The Bertz CT molecular complexity index is 1080. The second-order valence-corrected chi connectivity index (χ2v) is 6.68. The fourth-order valence-electron chi connectivity index (χ4n) is 3.05. The van der Waals surface area contributed by atoms with E-state index in [9.17, 15) is 5.11 Å². The van der Waals surface area contributed by atoms with E-state index in [0.717, 1.165) is 28.0 Å². The van der Waals surface area contributed by atoms with Gasteiger partial charge in [0.1, 0.15) is 5.82 Å². The van der Waals surface area contributed by atoms with E-state index >= 15 is 0 Å². The normalized spacial score (nSPS) is 11.9. The van der Waals surface area contributed by atoms with E-state index in [0.29, 0.717) is 12.5 Å². The minimum Gasteiger partial charge on any atom is -0.389 e. The first-order valence-corrected chi connectivity index (χ1v) is 9.29. The minimum atomic E-state index is -0.526. The Morgan fingerprint density at radius 2 is 1.68 bits per heavy atom. The van der Waals surface area contributed by atoms with Gasteiger partial charge in [-0.25, -0.2) is 4.98 Å². The van der Waals surface area contributed by atoms with Crippen molar-refractivity contribution in [2.45, 2.75) is 19.6 Å². The van der Waals surface area contributed by atoms with Gasteiger partial charge in [0, 0.05) is 17.6 Å². The first-order valence-electron chi connectivity index (χ1n) is 9.29. The van der Waals surface area contributed by atoms with Gasteiger partial charge in [-0.3, -0.25) is 0 Å². The molecule has 1 heterocycles. The van der Waals surface area contributed by atoms with Crippen LogP contribution in [0.5, 0.6) is 0 Å². The van der Waals surface area contributed by atoms with E-state index in [1.54, 1.807) is 6.92 Å². The van der Waals surface area contributed by atoms with Gasteiger partial charge < -0.3 is 15.7 Å². The van der Waals surface area contributed by atoms with Crippen LogP contribution in [-0.2, 0) is 6.54 Å². The highest BCUT2D eigenvalue weighted by Gasteiger charge is 2.09. The van der Waals surface area contributed by atoms with Gasteiger partial charge in [0.25, 0.3) is 0 Å². The molecule has 1 aromatic heterocycles. The molecule has 3 N–H and O–H groups in total. The lowest BCUT2D eigenvalue weighted by Gasteiger charge is -2.13. The second-order valence-electron chi connectivity index (χ2n) is 6.68. The Balaban J connectivity index is 1.65. The number of rotatable bonds is 6. The Kier molecular flexibility index (Phi) is 5.17. The van der Waals surface area contributed by atoms with E-state index < -0.39 is 6.10 Å². The summed E-state index contributed by atoms with van der Waals surface area (Å²) >= 11 is 0. The fraction of sp³-hybridized carbons (Fsp3) is 0.130. The third kappa shape index (κ3) is 4.10. The predicted octanol–water partition coefficient (Wildman–Crippen LogP) is 5.04. The molecule has 140 valence electrons. The number of hydrogen-bond donors (Lipinski definition) is 3. The van der Waals surface area contributed by atoms with Crippen LogP contribution >= 0.6 is 0 Å². The molecule has 0 amide bonds. The number of nitrogens with zero attached hydrogens (tertiary/aromatic N) is 2. The first kappa shape index (κ1) is 17.9. The van der Waals surface area contributed by atoms with Gasteiger partial charge in [-0.1, -0.05) is 54.6 Å². The molecule has 5 nitrogen and oxygen atoms in total. The fourth-order valence-corrected chi connectivity index (χ4v) is 3.05. The minimum absolute atomic E-state index is 0.511. The Morgan fingerprint density at radius 3 is 2.50 bits per heavy atom. The maximum atomic E-state index is 9.81. The van der Waals surface area contributed by atoms with Crippen molar-refractivity contribution in [2.24, 2.45) is 0 Å². The molecule has 5 heteroatoms. The summed E-state index contributed by atoms with van der Waals surface area (Å²) in [5.41, 5.74) is 3.72. The molecule has 0 saturated heterocycles. The highest BCUT2D eigenvalue weighted by atomic mass is 16.3. The van der Waals surface area contributed by atoms with Crippen molar-refractivity contribution >= 4 is 28.4 Å². The maximum Gasteiger partial charge on any atom is 0.229 e. The van der Waals surface area contributed by atoms with Crippen LogP contribution in [0.3, 0.4) is 0 Å². The lowest BCUT2D eigenvalue weighted by molar-refractivity contribution is 0.199. The van der Waals surface area contributed by atoms with Gasteiger partial charge in [0.05, 0.1) is 11.6 Å². The predicted molar refractivity (Wildman–Crippen MR) is 114 cm³/mol. The zero-order chi connectivity index (χ0) is 19.3. The first-order chi connectivity index (χ1) is 13.7. The Morgan fingerprint density at radius 1 is 0.893 bits per heavy atom. The van der Waals surface area contributed by atoms with Crippen LogP contribution in [0.2, 0.25) is 0 Å². The molecule has 0 saturated carbocycles. The summed E-state index contributed by atoms with van der Waals surface area (Å²) in [6.45, 7) is 2.43. The molecule has 4 aromatic rings. The van der Waals surface area contributed by atoms with Crippen molar-refractivity contribution in [3.63, 3.8) is 0 Å². The summed E-state index contributed by atoms with van der Waals surface area (Å²) in [7, 11) is 0. The van der Waals surface area contributed by atoms with E-state index in [4.69, 9.17) is 0 Å². The van der Waals surface area contributed by atoms with Gasteiger partial charge in [0.2, 0.25) is 5.95 Å².